The summed E-state index contributed by atoms with van der Waals surface area (Å²) in [6, 6.07) is 6.81. The van der Waals surface area contributed by atoms with Crippen LogP contribution in [0.2, 0.25) is 0 Å². The highest BCUT2D eigenvalue weighted by Gasteiger charge is 2.03. The number of rotatable bonds is 4. The van der Waals surface area contributed by atoms with Gasteiger partial charge in [-0.25, -0.2) is 0 Å². The number of aromatic hydroxyl groups is 1. The van der Waals surface area contributed by atoms with Crippen LogP contribution in [0.1, 0.15) is 18.6 Å². The molecule has 0 radical (unpaired) electrons. The highest BCUT2D eigenvalue weighted by Crippen LogP contribution is 2.14. The van der Waals surface area contributed by atoms with Crippen molar-refractivity contribution in [3.05, 3.63) is 36.0 Å². The van der Waals surface area contributed by atoms with Crippen LogP contribution in [0.4, 0.5) is 5.69 Å². The third kappa shape index (κ3) is 2.50. The smallest absolute Gasteiger partial charge is 0.245 e. The van der Waals surface area contributed by atoms with Crippen LogP contribution < -0.4 is 5.32 Å². The molecule has 1 aromatic carbocycles. The molecule has 0 saturated carbocycles. The van der Waals surface area contributed by atoms with Crippen molar-refractivity contribution in [3.63, 3.8) is 0 Å². The number of hydrogen-bond acceptors (Lipinski definition) is 5. The van der Waals surface area contributed by atoms with Gasteiger partial charge in [-0.05, 0) is 24.3 Å². The van der Waals surface area contributed by atoms with Gasteiger partial charge in [0, 0.05) is 12.1 Å². The average Bonchev–Trinajstić information content (AvgIpc) is 2.76. The van der Waals surface area contributed by atoms with E-state index in [1.165, 1.54) is 0 Å². The molecule has 2 N–H and O–H groups in total. The molecular weight excluding hydrogens is 206 g/mol. The largest absolute Gasteiger partial charge is 0.508 e. The van der Waals surface area contributed by atoms with E-state index in [2.05, 4.69) is 15.5 Å². The zero-order chi connectivity index (χ0) is 11.4. The Morgan fingerprint density at radius 1 is 1.31 bits per heavy atom. The van der Waals surface area contributed by atoms with Crippen LogP contribution in [0.15, 0.2) is 28.8 Å². The summed E-state index contributed by atoms with van der Waals surface area (Å²) in [6.07, 6.45) is 0.767. The predicted octanol–water partition coefficient (Wildman–Crippen LogP) is 1.95. The summed E-state index contributed by atoms with van der Waals surface area (Å²) in [6.45, 7) is 2.46. The van der Waals surface area contributed by atoms with Crippen molar-refractivity contribution in [2.45, 2.75) is 19.9 Å². The minimum atomic E-state index is 0.247. The molecule has 0 saturated heterocycles. The summed E-state index contributed by atoms with van der Waals surface area (Å²) >= 11 is 0. The van der Waals surface area contributed by atoms with Crippen molar-refractivity contribution in [1.29, 1.82) is 0 Å². The van der Waals surface area contributed by atoms with Crippen LogP contribution in [0.3, 0.4) is 0 Å². The van der Waals surface area contributed by atoms with Gasteiger partial charge in [0.15, 0.2) is 5.82 Å². The normalized spacial score (nSPS) is 10.3. The van der Waals surface area contributed by atoms with Crippen molar-refractivity contribution in [2.24, 2.45) is 0 Å². The van der Waals surface area contributed by atoms with Crippen LogP contribution in [0.5, 0.6) is 5.75 Å². The highest BCUT2D eigenvalue weighted by molar-refractivity contribution is 5.45. The molecule has 2 rings (SSSR count). The number of phenols is 1. The quantitative estimate of drug-likeness (QED) is 0.769. The molecule has 2 aromatic rings. The Morgan fingerprint density at radius 3 is 2.69 bits per heavy atom. The highest BCUT2D eigenvalue weighted by atomic mass is 16.5. The first kappa shape index (κ1) is 10.5. The van der Waals surface area contributed by atoms with Gasteiger partial charge in [0.2, 0.25) is 5.89 Å². The van der Waals surface area contributed by atoms with Crippen molar-refractivity contribution in [2.75, 3.05) is 5.32 Å². The lowest BCUT2D eigenvalue weighted by molar-refractivity contribution is 0.378. The Hall–Kier alpha value is -2.04. The summed E-state index contributed by atoms with van der Waals surface area (Å²) in [7, 11) is 0. The molecule has 0 bridgehead atoms. The Morgan fingerprint density at radius 2 is 2.06 bits per heavy atom. The first-order valence-corrected chi connectivity index (χ1v) is 5.12. The molecule has 0 aliphatic rings. The maximum Gasteiger partial charge on any atom is 0.245 e. The van der Waals surface area contributed by atoms with E-state index in [1.54, 1.807) is 24.3 Å². The minimum absolute atomic E-state index is 0.247. The number of phenolic OH excluding ortho intramolecular Hbond substituents is 1. The molecule has 84 valence electrons. The molecule has 1 heterocycles. The zero-order valence-corrected chi connectivity index (χ0v) is 8.97. The van der Waals surface area contributed by atoms with Crippen LogP contribution in [0, 0.1) is 0 Å². The van der Waals surface area contributed by atoms with E-state index in [4.69, 9.17) is 9.63 Å². The van der Waals surface area contributed by atoms with Gasteiger partial charge in [0.05, 0.1) is 6.54 Å². The van der Waals surface area contributed by atoms with Gasteiger partial charge in [-0.2, -0.15) is 4.98 Å². The van der Waals surface area contributed by atoms with Gasteiger partial charge in [-0.3, -0.25) is 0 Å². The number of benzene rings is 1. The topological polar surface area (TPSA) is 71.2 Å². The first-order valence-electron chi connectivity index (χ1n) is 5.12. The van der Waals surface area contributed by atoms with Gasteiger partial charge >= 0.3 is 0 Å². The lowest BCUT2D eigenvalue weighted by Crippen LogP contribution is -1.99. The minimum Gasteiger partial charge on any atom is -0.508 e. The van der Waals surface area contributed by atoms with Crippen LogP contribution in [-0.2, 0) is 13.0 Å². The van der Waals surface area contributed by atoms with Crippen molar-refractivity contribution in [1.82, 2.24) is 10.1 Å². The summed E-state index contributed by atoms with van der Waals surface area (Å²) < 4.78 is 5.03. The third-order valence-electron chi connectivity index (χ3n) is 2.14. The molecule has 0 atom stereocenters. The monoisotopic (exact) mass is 219 g/mol. The van der Waals surface area contributed by atoms with Crippen LogP contribution in [-0.4, -0.2) is 15.2 Å². The van der Waals surface area contributed by atoms with E-state index >= 15 is 0 Å². The first-order chi connectivity index (χ1) is 7.78. The molecule has 0 aliphatic heterocycles. The van der Waals surface area contributed by atoms with Gasteiger partial charge < -0.3 is 14.9 Å². The Kier molecular flexibility index (Phi) is 3.05. The van der Waals surface area contributed by atoms with Gasteiger partial charge in [-0.15, -0.1) is 0 Å². The van der Waals surface area contributed by atoms with Crippen LogP contribution in [0.25, 0.3) is 0 Å². The summed E-state index contributed by atoms with van der Waals surface area (Å²) in [5, 5.41) is 16.0. The molecule has 5 nitrogen and oxygen atoms in total. The Labute approximate surface area is 93.1 Å². The number of aromatic nitrogens is 2. The van der Waals surface area contributed by atoms with Gasteiger partial charge in [-0.1, -0.05) is 12.1 Å². The number of nitrogens with one attached hydrogen (secondary N) is 1. The standard InChI is InChI=1S/C11H13N3O2/c1-2-10-13-11(16-14-10)7-12-8-3-5-9(15)6-4-8/h3-6,12,15H,2,7H2,1H3. The van der Waals surface area contributed by atoms with E-state index in [0.717, 1.165) is 12.1 Å². The summed E-state index contributed by atoms with van der Waals surface area (Å²) in [5.74, 6) is 1.52. The molecule has 16 heavy (non-hydrogen) atoms. The zero-order valence-electron chi connectivity index (χ0n) is 8.97. The fourth-order valence-electron chi connectivity index (χ4n) is 1.26. The molecule has 0 unspecified atom stereocenters. The lowest BCUT2D eigenvalue weighted by Gasteiger charge is -2.02. The summed E-state index contributed by atoms with van der Waals surface area (Å²) in [5.41, 5.74) is 0.897. The maximum atomic E-state index is 9.11. The second-order valence-corrected chi connectivity index (χ2v) is 3.36. The molecular formula is C11H13N3O2. The number of hydrogen-bond donors (Lipinski definition) is 2. The molecule has 0 fully saturated rings. The fourth-order valence-corrected chi connectivity index (χ4v) is 1.26. The number of anilines is 1. The van der Waals surface area contributed by atoms with Crippen LogP contribution >= 0.6 is 0 Å². The van der Waals surface area contributed by atoms with E-state index < -0.39 is 0 Å². The molecule has 1 aromatic heterocycles. The molecule has 0 aliphatic carbocycles. The van der Waals surface area contributed by atoms with E-state index in [1.807, 2.05) is 6.92 Å². The second-order valence-electron chi connectivity index (χ2n) is 3.36. The maximum absolute atomic E-state index is 9.11. The number of aryl methyl sites for hydroxylation is 1. The van der Waals surface area contributed by atoms with Crippen molar-refractivity contribution < 1.29 is 9.63 Å². The Bertz CT molecular complexity index is 451. The third-order valence-corrected chi connectivity index (χ3v) is 2.14. The molecule has 5 heteroatoms. The predicted molar refractivity (Wildman–Crippen MR) is 59.1 cm³/mol. The molecule has 0 amide bonds. The van der Waals surface area contributed by atoms with E-state index in [-0.39, 0.29) is 5.75 Å². The number of nitrogens with zero attached hydrogens (tertiary/aromatic N) is 2. The van der Waals surface area contributed by atoms with E-state index in [9.17, 15) is 0 Å². The van der Waals surface area contributed by atoms with Crippen molar-refractivity contribution >= 4 is 5.69 Å². The summed E-state index contributed by atoms with van der Waals surface area (Å²) in [4.78, 5) is 4.17. The average molecular weight is 219 g/mol. The van der Waals surface area contributed by atoms with Gasteiger partial charge in [0.25, 0.3) is 0 Å². The molecule has 0 spiro atoms. The fraction of sp³-hybridized carbons (Fsp3) is 0.273. The van der Waals surface area contributed by atoms with Crippen molar-refractivity contribution in [3.8, 4) is 5.75 Å². The second kappa shape index (κ2) is 4.65. The lowest BCUT2D eigenvalue weighted by atomic mass is 10.3. The Balaban J connectivity index is 1.94. The SMILES string of the molecule is CCc1noc(CNc2ccc(O)cc2)n1. The van der Waals surface area contributed by atoms with Gasteiger partial charge in [0.1, 0.15) is 5.75 Å². The van der Waals surface area contributed by atoms with E-state index in [0.29, 0.717) is 18.3 Å².